The second kappa shape index (κ2) is 4.35. The number of carbonyl (C=O) groups is 1. The predicted octanol–water partition coefficient (Wildman–Crippen LogP) is 1.57. The zero-order chi connectivity index (χ0) is 11.7. The minimum Gasteiger partial charge on any atom is -0.357 e. The zero-order valence-corrected chi connectivity index (χ0v) is 9.85. The van der Waals surface area contributed by atoms with Crippen LogP contribution in [-0.4, -0.2) is 30.0 Å². The van der Waals surface area contributed by atoms with E-state index in [9.17, 15) is 4.79 Å². The summed E-state index contributed by atoms with van der Waals surface area (Å²) in [5.41, 5.74) is 0.543. The molecular weight excluding hydrogens is 214 g/mol. The van der Waals surface area contributed by atoms with Gasteiger partial charge in [-0.2, -0.15) is 0 Å². The van der Waals surface area contributed by atoms with Crippen molar-refractivity contribution in [3.05, 3.63) is 23.9 Å². The summed E-state index contributed by atoms with van der Waals surface area (Å²) in [5, 5.41) is 2.97. The molecular formula is C13H17N3O. The van der Waals surface area contributed by atoms with Crippen LogP contribution in [0, 0.1) is 0 Å². The van der Waals surface area contributed by atoms with E-state index in [2.05, 4.69) is 15.2 Å². The second-order valence-electron chi connectivity index (χ2n) is 4.82. The molecule has 0 bridgehead atoms. The van der Waals surface area contributed by atoms with Crippen LogP contribution >= 0.6 is 0 Å². The van der Waals surface area contributed by atoms with Gasteiger partial charge in [-0.3, -0.25) is 4.79 Å². The molecule has 1 saturated carbocycles. The first kappa shape index (κ1) is 10.6. The second-order valence-corrected chi connectivity index (χ2v) is 4.82. The van der Waals surface area contributed by atoms with Crippen LogP contribution < -0.4 is 10.2 Å². The molecule has 17 heavy (non-hydrogen) atoms. The van der Waals surface area contributed by atoms with Crippen molar-refractivity contribution in [3.63, 3.8) is 0 Å². The first-order valence-electron chi connectivity index (χ1n) is 6.36. The van der Waals surface area contributed by atoms with E-state index in [4.69, 9.17) is 0 Å². The SMILES string of the molecule is O=C(NC1CC1)c1cccc(N2CCCC2)n1. The Morgan fingerprint density at radius 3 is 2.76 bits per heavy atom. The molecule has 0 aromatic carbocycles. The van der Waals surface area contributed by atoms with E-state index >= 15 is 0 Å². The molecule has 4 heteroatoms. The topological polar surface area (TPSA) is 45.2 Å². The Bertz CT molecular complexity index is 422. The fraction of sp³-hybridized carbons (Fsp3) is 0.538. The maximum absolute atomic E-state index is 11.9. The van der Waals surface area contributed by atoms with Crippen LogP contribution in [0.2, 0.25) is 0 Å². The number of nitrogens with zero attached hydrogens (tertiary/aromatic N) is 2. The van der Waals surface area contributed by atoms with Gasteiger partial charge in [-0.25, -0.2) is 4.98 Å². The Hall–Kier alpha value is -1.58. The summed E-state index contributed by atoms with van der Waals surface area (Å²) in [7, 11) is 0. The number of nitrogens with one attached hydrogen (secondary N) is 1. The lowest BCUT2D eigenvalue weighted by atomic mass is 10.3. The molecule has 0 atom stereocenters. The smallest absolute Gasteiger partial charge is 0.270 e. The quantitative estimate of drug-likeness (QED) is 0.859. The normalized spacial score (nSPS) is 19.4. The lowest BCUT2D eigenvalue weighted by molar-refractivity contribution is 0.0946. The van der Waals surface area contributed by atoms with Gasteiger partial charge >= 0.3 is 0 Å². The first-order chi connectivity index (χ1) is 8.33. The van der Waals surface area contributed by atoms with Crippen LogP contribution in [-0.2, 0) is 0 Å². The Morgan fingerprint density at radius 2 is 2.06 bits per heavy atom. The largest absolute Gasteiger partial charge is 0.357 e. The average Bonchev–Trinajstić information content (AvgIpc) is 3.00. The molecule has 4 nitrogen and oxygen atoms in total. The molecule has 1 amide bonds. The molecule has 3 rings (SSSR count). The minimum absolute atomic E-state index is 0.0338. The van der Waals surface area contributed by atoms with Crippen molar-refractivity contribution in [1.82, 2.24) is 10.3 Å². The van der Waals surface area contributed by atoms with Crippen molar-refractivity contribution in [2.75, 3.05) is 18.0 Å². The third-order valence-electron chi connectivity index (χ3n) is 3.31. The van der Waals surface area contributed by atoms with E-state index in [1.54, 1.807) is 6.07 Å². The van der Waals surface area contributed by atoms with Crippen LogP contribution in [0.1, 0.15) is 36.2 Å². The average molecular weight is 231 g/mol. The highest BCUT2D eigenvalue weighted by Crippen LogP contribution is 2.20. The Morgan fingerprint density at radius 1 is 1.29 bits per heavy atom. The first-order valence-corrected chi connectivity index (χ1v) is 6.36. The number of anilines is 1. The maximum atomic E-state index is 11.9. The van der Waals surface area contributed by atoms with Gasteiger partial charge < -0.3 is 10.2 Å². The number of aromatic nitrogens is 1. The van der Waals surface area contributed by atoms with Crippen LogP contribution in [0.5, 0.6) is 0 Å². The van der Waals surface area contributed by atoms with E-state index < -0.39 is 0 Å². The molecule has 1 aromatic heterocycles. The van der Waals surface area contributed by atoms with Gasteiger partial charge in [0.1, 0.15) is 11.5 Å². The summed E-state index contributed by atoms with van der Waals surface area (Å²) < 4.78 is 0. The van der Waals surface area contributed by atoms with E-state index in [1.165, 1.54) is 12.8 Å². The Labute approximate surface area is 101 Å². The third kappa shape index (κ3) is 2.40. The Balaban J connectivity index is 1.75. The van der Waals surface area contributed by atoms with Crippen LogP contribution in [0.3, 0.4) is 0 Å². The molecule has 0 spiro atoms. The molecule has 2 aliphatic rings. The van der Waals surface area contributed by atoms with Gasteiger partial charge in [-0.05, 0) is 37.8 Å². The van der Waals surface area contributed by atoms with E-state index in [-0.39, 0.29) is 5.91 Å². The number of hydrogen-bond acceptors (Lipinski definition) is 3. The van der Waals surface area contributed by atoms with Gasteiger partial charge in [-0.15, -0.1) is 0 Å². The zero-order valence-electron chi connectivity index (χ0n) is 9.85. The standard InChI is InChI=1S/C13H17N3O/c17-13(14-10-6-7-10)11-4-3-5-12(15-11)16-8-1-2-9-16/h3-5,10H,1-2,6-9H2,(H,14,17). The van der Waals surface area contributed by atoms with Crippen LogP contribution in [0.25, 0.3) is 0 Å². The molecule has 1 aliphatic heterocycles. The summed E-state index contributed by atoms with van der Waals surface area (Å²) in [4.78, 5) is 18.6. The minimum atomic E-state index is -0.0338. The highest BCUT2D eigenvalue weighted by molar-refractivity contribution is 5.93. The molecule has 0 radical (unpaired) electrons. The highest BCUT2D eigenvalue weighted by atomic mass is 16.2. The van der Waals surface area contributed by atoms with Gasteiger partial charge in [0.2, 0.25) is 0 Å². The third-order valence-corrected chi connectivity index (χ3v) is 3.31. The lowest BCUT2D eigenvalue weighted by Crippen LogP contribution is -2.27. The van der Waals surface area contributed by atoms with Crippen molar-refractivity contribution in [1.29, 1.82) is 0 Å². The van der Waals surface area contributed by atoms with Crippen molar-refractivity contribution in [3.8, 4) is 0 Å². The highest BCUT2D eigenvalue weighted by Gasteiger charge is 2.24. The summed E-state index contributed by atoms with van der Waals surface area (Å²) in [6.45, 7) is 2.11. The fourth-order valence-corrected chi connectivity index (χ4v) is 2.16. The Kier molecular flexibility index (Phi) is 2.71. The van der Waals surface area contributed by atoms with Gasteiger partial charge in [0.25, 0.3) is 5.91 Å². The van der Waals surface area contributed by atoms with Crippen molar-refractivity contribution < 1.29 is 4.79 Å². The van der Waals surface area contributed by atoms with Crippen molar-refractivity contribution in [2.45, 2.75) is 31.7 Å². The number of carbonyl (C=O) groups excluding carboxylic acids is 1. The number of pyridine rings is 1. The van der Waals surface area contributed by atoms with Crippen LogP contribution in [0.15, 0.2) is 18.2 Å². The van der Waals surface area contributed by atoms with Gasteiger partial charge in [0.05, 0.1) is 0 Å². The van der Waals surface area contributed by atoms with E-state index in [0.717, 1.165) is 31.7 Å². The molecule has 0 unspecified atom stereocenters. The molecule has 90 valence electrons. The van der Waals surface area contributed by atoms with Crippen molar-refractivity contribution >= 4 is 11.7 Å². The van der Waals surface area contributed by atoms with Crippen LogP contribution in [0.4, 0.5) is 5.82 Å². The summed E-state index contributed by atoms with van der Waals surface area (Å²) in [6.07, 6.45) is 4.66. The summed E-state index contributed by atoms with van der Waals surface area (Å²) in [5.74, 6) is 0.902. The molecule has 1 aromatic rings. The molecule has 1 saturated heterocycles. The van der Waals surface area contributed by atoms with E-state index in [1.807, 2.05) is 12.1 Å². The van der Waals surface area contributed by atoms with Gasteiger partial charge in [0, 0.05) is 19.1 Å². The number of hydrogen-bond donors (Lipinski definition) is 1. The number of rotatable bonds is 3. The molecule has 2 fully saturated rings. The lowest BCUT2D eigenvalue weighted by Gasteiger charge is -2.16. The predicted molar refractivity (Wildman–Crippen MR) is 66.2 cm³/mol. The molecule has 1 aliphatic carbocycles. The number of amides is 1. The summed E-state index contributed by atoms with van der Waals surface area (Å²) >= 11 is 0. The molecule has 2 heterocycles. The van der Waals surface area contributed by atoms with Gasteiger partial charge in [0.15, 0.2) is 0 Å². The van der Waals surface area contributed by atoms with E-state index in [0.29, 0.717) is 11.7 Å². The summed E-state index contributed by atoms with van der Waals surface area (Å²) in [6, 6.07) is 6.08. The van der Waals surface area contributed by atoms with Gasteiger partial charge in [-0.1, -0.05) is 6.07 Å². The maximum Gasteiger partial charge on any atom is 0.270 e. The fourth-order valence-electron chi connectivity index (χ4n) is 2.16. The molecule has 1 N–H and O–H groups in total. The monoisotopic (exact) mass is 231 g/mol. The van der Waals surface area contributed by atoms with Crippen molar-refractivity contribution in [2.24, 2.45) is 0 Å².